The summed E-state index contributed by atoms with van der Waals surface area (Å²) in [6, 6.07) is 5.39. The van der Waals surface area contributed by atoms with E-state index in [4.69, 9.17) is 4.74 Å². The van der Waals surface area contributed by atoms with Crippen molar-refractivity contribution in [3.05, 3.63) is 29.3 Å². The molecular weight excluding hydrogens is 382 g/mol. The van der Waals surface area contributed by atoms with Gasteiger partial charge in [-0.3, -0.25) is 4.79 Å². The molecule has 28 heavy (non-hydrogen) atoms. The lowest BCUT2D eigenvalue weighted by Crippen LogP contribution is -2.40. The van der Waals surface area contributed by atoms with Gasteiger partial charge in [0, 0.05) is 24.6 Å². The predicted molar refractivity (Wildman–Crippen MR) is 105 cm³/mol. The molecule has 2 aliphatic rings. The van der Waals surface area contributed by atoms with Crippen LogP contribution < -0.4 is 15.4 Å². The number of urea groups is 1. The summed E-state index contributed by atoms with van der Waals surface area (Å²) in [5.74, 6) is 0.795. The number of nitrogens with zero attached hydrogens (tertiary/aromatic N) is 1. The maximum atomic E-state index is 12.1. The summed E-state index contributed by atoms with van der Waals surface area (Å²) < 4.78 is 28.7. The summed E-state index contributed by atoms with van der Waals surface area (Å²) in [6.45, 7) is 3.87. The van der Waals surface area contributed by atoms with Gasteiger partial charge in [0.1, 0.15) is 12.4 Å². The number of sulfone groups is 1. The fourth-order valence-electron chi connectivity index (χ4n) is 3.51. The van der Waals surface area contributed by atoms with Crippen molar-refractivity contribution < 1.29 is 22.7 Å². The number of rotatable bonds is 5. The van der Waals surface area contributed by atoms with Gasteiger partial charge in [0.25, 0.3) is 0 Å². The smallest absolute Gasteiger partial charge is 0.317 e. The van der Waals surface area contributed by atoms with E-state index in [1.165, 1.54) is 0 Å². The van der Waals surface area contributed by atoms with Crippen LogP contribution in [-0.2, 0) is 27.6 Å². The van der Waals surface area contributed by atoms with Gasteiger partial charge in [-0.25, -0.2) is 13.2 Å². The van der Waals surface area contributed by atoms with Crippen molar-refractivity contribution in [2.75, 3.05) is 31.2 Å². The van der Waals surface area contributed by atoms with Crippen molar-refractivity contribution in [2.45, 2.75) is 38.8 Å². The second-order valence-electron chi connectivity index (χ2n) is 7.22. The van der Waals surface area contributed by atoms with Crippen molar-refractivity contribution in [1.82, 2.24) is 15.5 Å². The van der Waals surface area contributed by atoms with E-state index in [-0.39, 0.29) is 35.9 Å². The first-order valence-corrected chi connectivity index (χ1v) is 11.5. The Labute approximate surface area is 165 Å². The normalized spacial score (nSPS) is 20.6. The molecular formula is C19H27N3O5S. The average molecular weight is 410 g/mol. The Morgan fingerprint density at radius 2 is 2.14 bits per heavy atom. The van der Waals surface area contributed by atoms with Crippen LogP contribution in [-0.4, -0.2) is 62.5 Å². The Hall–Kier alpha value is -2.29. The van der Waals surface area contributed by atoms with Gasteiger partial charge in [-0.15, -0.1) is 0 Å². The number of carbonyl (C=O) groups is 2. The van der Waals surface area contributed by atoms with E-state index in [1.54, 1.807) is 4.90 Å². The molecule has 0 bridgehead atoms. The van der Waals surface area contributed by atoms with E-state index in [0.29, 0.717) is 39.1 Å². The summed E-state index contributed by atoms with van der Waals surface area (Å²) in [7, 11) is -3.00. The zero-order valence-corrected chi connectivity index (χ0v) is 16.9. The van der Waals surface area contributed by atoms with Gasteiger partial charge in [0.05, 0.1) is 24.6 Å². The van der Waals surface area contributed by atoms with E-state index < -0.39 is 9.84 Å². The van der Waals surface area contributed by atoms with E-state index in [2.05, 4.69) is 10.6 Å². The highest BCUT2D eigenvalue weighted by Crippen LogP contribution is 2.25. The number of ether oxygens (including phenoxy) is 1. The SMILES string of the molecule is CCNC(=O)N1CCOc2ccc(CCC(=O)NC3CCS(=O)(=O)C3)cc2C1. The first-order valence-electron chi connectivity index (χ1n) is 9.63. The predicted octanol–water partition coefficient (Wildman–Crippen LogP) is 0.846. The van der Waals surface area contributed by atoms with Gasteiger partial charge in [-0.1, -0.05) is 12.1 Å². The standard InChI is InChI=1S/C19H27N3O5S/c1-2-20-19(24)22-8-9-27-17-5-3-14(11-15(17)12-22)4-6-18(23)21-16-7-10-28(25,26)13-16/h3,5,11,16H,2,4,6-10,12-13H2,1H3,(H,20,24)(H,21,23). The molecule has 2 heterocycles. The van der Waals surface area contributed by atoms with Gasteiger partial charge in [0.15, 0.2) is 9.84 Å². The van der Waals surface area contributed by atoms with Crippen molar-refractivity contribution in [2.24, 2.45) is 0 Å². The highest BCUT2D eigenvalue weighted by atomic mass is 32.2. The quantitative estimate of drug-likeness (QED) is 0.750. The molecule has 3 amide bonds. The Bertz CT molecular complexity index is 840. The molecule has 1 aromatic carbocycles. The first kappa shape index (κ1) is 20.4. The van der Waals surface area contributed by atoms with Crippen LogP contribution in [0.3, 0.4) is 0 Å². The zero-order chi connectivity index (χ0) is 20.1. The minimum absolute atomic E-state index is 0.0323. The molecule has 1 atom stereocenters. The van der Waals surface area contributed by atoms with Crippen LogP contribution in [0.5, 0.6) is 5.75 Å². The van der Waals surface area contributed by atoms with E-state index in [0.717, 1.165) is 16.9 Å². The van der Waals surface area contributed by atoms with E-state index >= 15 is 0 Å². The molecule has 0 radical (unpaired) electrons. The third kappa shape index (κ3) is 5.37. The zero-order valence-electron chi connectivity index (χ0n) is 16.1. The molecule has 154 valence electrons. The van der Waals surface area contributed by atoms with Crippen LogP contribution >= 0.6 is 0 Å². The Kier molecular flexibility index (Phi) is 6.43. The number of amides is 3. The monoisotopic (exact) mass is 409 g/mol. The van der Waals surface area contributed by atoms with E-state index in [1.807, 2.05) is 25.1 Å². The molecule has 3 rings (SSSR count). The molecule has 1 fully saturated rings. The summed E-state index contributed by atoms with van der Waals surface area (Å²) >= 11 is 0. The number of carbonyl (C=O) groups excluding carboxylic acids is 2. The lowest BCUT2D eigenvalue weighted by molar-refractivity contribution is -0.121. The molecule has 0 spiro atoms. The summed E-state index contributed by atoms with van der Waals surface area (Å²) in [5.41, 5.74) is 1.90. The summed E-state index contributed by atoms with van der Waals surface area (Å²) in [4.78, 5) is 26.0. The molecule has 1 unspecified atom stereocenters. The largest absolute Gasteiger partial charge is 0.491 e. The number of nitrogens with one attached hydrogen (secondary N) is 2. The van der Waals surface area contributed by atoms with Crippen LogP contribution in [0.2, 0.25) is 0 Å². The minimum atomic E-state index is -3.00. The van der Waals surface area contributed by atoms with Crippen molar-refractivity contribution in [3.8, 4) is 5.75 Å². The average Bonchev–Trinajstić information content (AvgIpc) is 2.86. The third-order valence-corrected chi connectivity index (χ3v) is 6.73. The first-order chi connectivity index (χ1) is 13.4. The maximum Gasteiger partial charge on any atom is 0.317 e. The Morgan fingerprint density at radius 3 is 2.86 bits per heavy atom. The number of fused-ring (bicyclic) bond motifs is 1. The van der Waals surface area contributed by atoms with Gasteiger partial charge >= 0.3 is 6.03 Å². The van der Waals surface area contributed by atoms with E-state index in [9.17, 15) is 18.0 Å². The van der Waals surface area contributed by atoms with Crippen LogP contribution in [0.1, 0.15) is 30.9 Å². The second kappa shape index (κ2) is 8.81. The van der Waals surface area contributed by atoms with Crippen LogP contribution in [0.4, 0.5) is 4.79 Å². The van der Waals surface area contributed by atoms with Crippen molar-refractivity contribution in [3.63, 3.8) is 0 Å². The molecule has 8 nitrogen and oxygen atoms in total. The Morgan fingerprint density at radius 1 is 1.32 bits per heavy atom. The fourth-order valence-corrected chi connectivity index (χ4v) is 5.18. The molecule has 2 aliphatic heterocycles. The van der Waals surface area contributed by atoms with Crippen molar-refractivity contribution >= 4 is 21.8 Å². The summed E-state index contributed by atoms with van der Waals surface area (Å²) in [5, 5.41) is 5.61. The third-order valence-electron chi connectivity index (χ3n) is 4.96. The number of hydrogen-bond donors (Lipinski definition) is 2. The molecule has 0 saturated carbocycles. The van der Waals surface area contributed by atoms with Crippen LogP contribution in [0, 0.1) is 0 Å². The number of aryl methyl sites for hydroxylation is 1. The second-order valence-corrected chi connectivity index (χ2v) is 9.44. The molecule has 1 saturated heterocycles. The molecule has 2 N–H and O–H groups in total. The highest BCUT2D eigenvalue weighted by molar-refractivity contribution is 7.91. The molecule has 1 aromatic rings. The van der Waals surface area contributed by atoms with Crippen LogP contribution in [0.25, 0.3) is 0 Å². The lowest BCUT2D eigenvalue weighted by Gasteiger charge is -2.20. The molecule has 9 heteroatoms. The van der Waals surface area contributed by atoms with Gasteiger partial charge in [-0.05, 0) is 31.4 Å². The molecule has 0 aromatic heterocycles. The number of hydrogen-bond acceptors (Lipinski definition) is 5. The topological polar surface area (TPSA) is 105 Å². The van der Waals surface area contributed by atoms with Gasteiger partial charge in [0.2, 0.25) is 5.91 Å². The lowest BCUT2D eigenvalue weighted by atomic mass is 10.0. The highest BCUT2D eigenvalue weighted by Gasteiger charge is 2.28. The van der Waals surface area contributed by atoms with Gasteiger partial charge < -0.3 is 20.3 Å². The summed E-state index contributed by atoms with van der Waals surface area (Å²) in [6.07, 6.45) is 1.32. The Balaban J connectivity index is 1.57. The van der Waals surface area contributed by atoms with Crippen molar-refractivity contribution in [1.29, 1.82) is 0 Å². The number of benzene rings is 1. The van der Waals surface area contributed by atoms with Crippen LogP contribution in [0.15, 0.2) is 18.2 Å². The minimum Gasteiger partial charge on any atom is -0.491 e. The van der Waals surface area contributed by atoms with Gasteiger partial charge in [-0.2, -0.15) is 0 Å². The maximum absolute atomic E-state index is 12.1. The molecule has 0 aliphatic carbocycles. The fraction of sp³-hybridized carbons (Fsp3) is 0.579.